The normalized spacial score (nSPS) is 13.8. The van der Waals surface area contributed by atoms with Crippen LogP contribution in [0.5, 0.6) is 5.75 Å². The minimum absolute atomic E-state index is 0.0102. The number of carbonyl (C=O) groups is 1. The van der Waals surface area contributed by atoms with Crippen molar-refractivity contribution >= 4 is 16.7 Å². The van der Waals surface area contributed by atoms with Crippen LogP contribution in [0.1, 0.15) is 30.9 Å². The van der Waals surface area contributed by atoms with Crippen molar-refractivity contribution < 1.29 is 9.53 Å². The minimum Gasteiger partial charge on any atom is -0.484 e. The Kier molecular flexibility index (Phi) is 5.32. The monoisotopic (exact) mass is 364 g/mol. The third-order valence-corrected chi connectivity index (χ3v) is 4.95. The highest BCUT2D eigenvalue weighted by molar-refractivity contribution is 5.84. The molecule has 0 aliphatic carbocycles. The summed E-state index contributed by atoms with van der Waals surface area (Å²) in [7, 11) is 0. The van der Waals surface area contributed by atoms with Crippen LogP contribution in [0.4, 0.5) is 0 Å². The summed E-state index contributed by atoms with van der Waals surface area (Å²) in [6.07, 6.45) is 5.28. The van der Waals surface area contributed by atoms with Crippen LogP contribution < -0.4 is 10.1 Å². The van der Waals surface area contributed by atoms with Gasteiger partial charge in [-0.15, -0.1) is 10.2 Å². The number of carbonyl (C=O) groups excluding carboxylic acids is 1. The molecule has 0 radical (unpaired) electrons. The van der Waals surface area contributed by atoms with Crippen molar-refractivity contribution in [2.45, 2.75) is 38.6 Å². The van der Waals surface area contributed by atoms with E-state index in [-0.39, 0.29) is 12.5 Å². The molecule has 0 spiro atoms. The zero-order valence-corrected chi connectivity index (χ0v) is 15.4. The second-order valence-corrected chi connectivity index (χ2v) is 6.89. The average molecular weight is 364 g/mol. The topological polar surface area (TPSA) is 69.0 Å². The van der Waals surface area contributed by atoms with Crippen LogP contribution in [0.3, 0.4) is 0 Å². The average Bonchev–Trinajstić information content (AvgIpc) is 2.92. The molecule has 1 aromatic heterocycles. The number of rotatable bonds is 6. The summed E-state index contributed by atoms with van der Waals surface area (Å²) >= 11 is 0. The van der Waals surface area contributed by atoms with Crippen molar-refractivity contribution in [3.63, 3.8) is 0 Å². The zero-order valence-electron chi connectivity index (χ0n) is 15.4. The van der Waals surface area contributed by atoms with E-state index < -0.39 is 0 Å². The summed E-state index contributed by atoms with van der Waals surface area (Å²) in [5, 5.41) is 13.7. The number of fused-ring (bicyclic) bond motifs is 2. The first-order valence-corrected chi connectivity index (χ1v) is 9.59. The van der Waals surface area contributed by atoms with E-state index in [0.29, 0.717) is 18.7 Å². The smallest absolute Gasteiger partial charge is 0.257 e. The lowest BCUT2D eigenvalue weighted by Crippen LogP contribution is -2.31. The lowest BCUT2D eigenvalue weighted by atomic mass is 10.1. The van der Waals surface area contributed by atoms with Gasteiger partial charge in [-0.1, -0.05) is 36.8 Å². The SMILES string of the molecule is O=C(COc1ccc2ccccc2c1)NCCc1nnc2n1CCCCC2. The van der Waals surface area contributed by atoms with Gasteiger partial charge in [-0.25, -0.2) is 0 Å². The largest absolute Gasteiger partial charge is 0.484 e. The fourth-order valence-corrected chi connectivity index (χ4v) is 3.50. The van der Waals surface area contributed by atoms with Gasteiger partial charge in [0.15, 0.2) is 6.61 Å². The predicted molar refractivity (Wildman–Crippen MR) is 104 cm³/mol. The van der Waals surface area contributed by atoms with Crippen molar-refractivity contribution in [3.8, 4) is 5.75 Å². The first-order valence-electron chi connectivity index (χ1n) is 9.59. The predicted octanol–water partition coefficient (Wildman–Crippen LogP) is 2.90. The molecule has 6 nitrogen and oxygen atoms in total. The van der Waals surface area contributed by atoms with Gasteiger partial charge >= 0.3 is 0 Å². The Labute approximate surface area is 158 Å². The maximum atomic E-state index is 12.1. The molecule has 0 unspecified atom stereocenters. The van der Waals surface area contributed by atoms with Crippen LogP contribution in [0.15, 0.2) is 42.5 Å². The summed E-state index contributed by atoms with van der Waals surface area (Å²) < 4.78 is 7.84. The summed E-state index contributed by atoms with van der Waals surface area (Å²) in [6.45, 7) is 1.53. The van der Waals surface area contributed by atoms with Gasteiger partial charge in [0.05, 0.1) is 0 Å². The zero-order chi connectivity index (χ0) is 18.5. The van der Waals surface area contributed by atoms with Crippen LogP contribution >= 0.6 is 0 Å². The molecule has 140 valence electrons. The third-order valence-electron chi connectivity index (χ3n) is 4.95. The molecular weight excluding hydrogens is 340 g/mol. The van der Waals surface area contributed by atoms with Gasteiger partial charge < -0.3 is 14.6 Å². The molecule has 1 aliphatic heterocycles. The van der Waals surface area contributed by atoms with E-state index in [1.54, 1.807) is 0 Å². The Bertz CT molecular complexity index is 935. The van der Waals surface area contributed by atoms with E-state index in [1.807, 2.05) is 36.4 Å². The number of hydrogen-bond acceptors (Lipinski definition) is 4. The van der Waals surface area contributed by atoms with Crippen LogP contribution in [-0.4, -0.2) is 33.8 Å². The highest BCUT2D eigenvalue weighted by atomic mass is 16.5. The Balaban J connectivity index is 1.25. The van der Waals surface area contributed by atoms with Gasteiger partial charge in [0.1, 0.15) is 17.4 Å². The van der Waals surface area contributed by atoms with Gasteiger partial charge in [-0.2, -0.15) is 0 Å². The molecule has 0 saturated heterocycles. The Morgan fingerprint density at radius 2 is 1.96 bits per heavy atom. The highest BCUT2D eigenvalue weighted by Crippen LogP contribution is 2.20. The van der Waals surface area contributed by atoms with E-state index in [4.69, 9.17) is 4.74 Å². The van der Waals surface area contributed by atoms with Crippen LogP contribution in [0.25, 0.3) is 10.8 Å². The van der Waals surface area contributed by atoms with Crippen molar-refractivity contribution in [1.82, 2.24) is 20.1 Å². The summed E-state index contributed by atoms with van der Waals surface area (Å²) in [5.41, 5.74) is 0. The molecule has 0 fully saturated rings. The first kappa shape index (κ1) is 17.5. The molecule has 6 heteroatoms. The van der Waals surface area contributed by atoms with Crippen molar-refractivity contribution in [3.05, 3.63) is 54.1 Å². The molecule has 4 rings (SSSR count). The van der Waals surface area contributed by atoms with E-state index in [1.165, 1.54) is 19.3 Å². The van der Waals surface area contributed by atoms with Gasteiger partial charge in [-0.3, -0.25) is 4.79 Å². The van der Waals surface area contributed by atoms with Crippen molar-refractivity contribution in [2.24, 2.45) is 0 Å². The number of hydrogen-bond donors (Lipinski definition) is 1. The number of nitrogens with one attached hydrogen (secondary N) is 1. The van der Waals surface area contributed by atoms with Gasteiger partial charge in [0.25, 0.3) is 5.91 Å². The highest BCUT2D eigenvalue weighted by Gasteiger charge is 2.14. The molecule has 1 N–H and O–H groups in total. The minimum atomic E-state index is -0.126. The van der Waals surface area contributed by atoms with E-state index in [0.717, 1.165) is 35.4 Å². The Morgan fingerprint density at radius 1 is 1.07 bits per heavy atom. The maximum Gasteiger partial charge on any atom is 0.257 e. The summed E-state index contributed by atoms with van der Waals surface area (Å²) in [4.78, 5) is 12.1. The molecule has 2 heterocycles. The number of nitrogens with zero attached hydrogens (tertiary/aromatic N) is 3. The van der Waals surface area contributed by atoms with E-state index in [9.17, 15) is 4.79 Å². The van der Waals surface area contributed by atoms with E-state index in [2.05, 4.69) is 26.1 Å². The molecule has 0 bridgehead atoms. The van der Waals surface area contributed by atoms with Gasteiger partial charge in [-0.05, 0) is 35.7 Å². The number of aromatic nitrogens is 3. The lowest BCUT2D eigenvalue weighted by Gasteiger charge is -2.09. The van der Waals surface area contributed by atoms with E-state index >= 15 is 0 Å². The number of amides is 1. The standard InChI is InChI=1S/C21H24N4O2/c26-21(15-27-18-10-9-16-6-3-4-7-17(16)14-18)22-12-11-20-24-23-19-8-2-1-5-13-25(19)20/h3-4,6-7,9-10,14H,1-2,5,8,11-13,15H2,(H,22,26). The van der Waals surface area contributed by atoms with Gasteiger partial charge in [0, 0.05) is 25.9 Å². The van der Waals surface area contributed by atoms with Crippen LogP contribution in [-0.2, 0) is 24.2 Å². The Hall–Kier alpha value is -2.89. The second-order valence-electron chi connectivity index (χ2n) is 6.89. The Morgan fingerprint density at radius 3 is 2.89 bits per heavy atom. The molecule has 2 aromatic carbocycles. The fraction of sp³-hybridized carbons (Fsp3) is 0.381. The molecule has 3 aromatic rings. The number of ether oxygens (including phenoxy) is 1. The van der Waals surface area contributed by atoms with Gasteiger partial charge in [0.2, 0.25) is 0 Å². The third kappa shape index (κ3) is 4.27. The van der Waals surface area contributed by atoms with Crippen molar-refractivity contribution in [2.75, 3.05) is 13.2 Å². The first-order chi connectivity index (χ1) is 13.3. The van der Waals surface area contributed by atoms with Crippen LogP contribution in [0, 0.1) is 0 Å². The van der Waals surface area contributed by atoms with Crippen LogP contribution in [0.2, 0.25) is 0 Å². The quantitative estimate of drug-likeness (QED) is 0.730. The molecule has 1 aliphatic rings. The van der Waals surface area contributed by atoms with Crippen molar-refractivity contribution in [1.29, 1.82) is 0 Å². The molecule has 27 heavy (non-hydrogen) atoms. The molecule has 1 amide bonds. The fourth-order valence-electron chi connectivity index (χ4n) is 3.50. The molecule has 0 saturated carbocycles. The number of aryl methyl sites for hydroxylation is 1. The number of benzene rings is 2. The molecular formula is C21H24N4O2. The lowest BCUT2D eigenvalue weighted by molar-refractivity contribution is -0.123. The summed E-state index contributed by atoms with van der Waals surface area (Å²) in [5.74, 6) is 2.61. The molecule has 0 atom stereocenters. The maximum absolute atomic E-state index is 12.1. The second kappa shape index (κ2) is 8.20. The summed E-state index contributed by atoms with van der Waals surface area (Å²) in [6, 6.07) is 13.9.